The Morgan fingerprint density at radius 3 is 2.43 bits per heavy atom. The SMILES string of the molecule is CC(C)C1NC1C(=O)c1ccccc1. The summed E-state index contributed by atoms with van der Waals surface area (Å²) in [5.41, 5.74) is 0.813. The molecule has 1 aromatic rings. The lowest BCUT2D eigenvalue weighted by molar-refractivity contribution is 0.0986. The molecule has 1 saturated heterocycles. The number of Topliss-reactive ketones (excluding diaryl/α,β-unsaturated/α-hetero) is 1. The quantitative estimate of drug-likeness (QED) is 0.582. The lowest BCUT2D eigenvalue weighted by Gasteiger charge is -2.00. The molecule has 2 rings (SSSR count). The average molecular weight is 189 g/mol. The van der Waals surface area contributed by atoms with E-state index in [1.165, 1.54) is 0 Å². The lowest BCUT2D eigenvalue weighted by atomic mass is 10.0. The highest BCUT2D eigenvalue weighted by Crippen LogP contribution is 2.23. The lowest BCUT2D eigenvalue weighted by Crippen LogP contribution is -2.13. The highest BCUT2D eigenvalue weighted by Gasteiger charge is 2.43. The van der Waals surface area contributed by atoms with Gasteiger partial charge in [0.1, 0.15) is 0 Å². The molecule has 2 nitrogen and oxygen atoms in total. The monoisotopic (exact) mass is 189 g/mol. The predicted octanol–water partition coefficient (Wildman–Crippen LogP) is 1.87. The summed E-state index contributed by atoms with van der Waals surface area (Å²) in [5, 5.41) is 3.22. The molecule has 74 valence electrons. The number of benzene rings is 1. The first-order valence-corrected chi connectivity index (χ1v) is 5.05. The minimum atomic E-state index is 0.0531. The molecule has 1 heterocycles. The van der Waals surface area contributed by atoms with Gasteiger partial charge in [0.2, 0.25) is 0 Å². The maximum atomic E-state index is 11.9. The standard InChI is InChI=1S/C12H15NO/c1-8(2)10-11(13-10)12(14)9-6-4-3-5-7-9/h3-8,10-11,13H,1-2H3. The molecule has 1 N–H and O–H groups in total. The van der Waals surface area contributed by atoms with Gasteiger partial charge in [-0.3, -0.25) is 4.79 Å². The average Bonchev–Trinajstić information content (AvgIpc) is 2.97. The fourth-order valence-corrected chi connectivity index (χ4v) is 1.75. The van der Waals surface area contributed by atoms with E-state index in [1.807, 2.05) is 30.3 Å². The van der Waals surface area contributed by atoms with Crippen LogP contribution in [0.1, 0.15) is 24.2 Å². The molecule has 0 aliphatic carbocycles. The van der Waals surface area contributed by atoms with Crippen LogP contribution in [0.25, 0.3) is 0 Å². The maximum absolute atomic E-state index is 11.9. The van der Waals surface area contributed by atoms with Gasteiger partial charge in [0.05, 0.1) is 6.04 Å². The highest BCUT2D eigenvalue weighted by atomic mass is 16.1. The zero-order valence-electron chi connectivity index (χ0n) is 8.53. The molecule has 1 aromatic carbocycles. The molecule has 2 heteroatoms. The third-order valence-corrected chi connectivity index (χ3v) is 2.68. The molecular formula is C12H15NO. The van der Waals surface area contributed by atoms with E-state index in [2.05, 4.69) is 19.2 Å². The van der Waals surface area contributed by atoms with Crippen molar-refractivity contribution in [2.45, 2.75) is 25.9 Å². The number of carbonyl (C=O) groups is 1. The van der Waals surface area contributed by atoms with Crippen molar-refractivity contribution in [1.82, 2.24) is 5.32 Å². The second kappa shape index (κ2) is 3.54. The van der Waals surface area contributed by atoms with E-state index in [4.69, 9.17) is 0 Å². The molecule has 0 spiro atoms. The number of nitrogens with one attached hydrogen (secondary N) is 1. The summed E-state index contributed by atoms with van der Waals surface area (Å²) in [6, 6.07) is 9.91. The molecular weight excluding hydrogens is 174 g/mol. The first kappa shape index (κ1) is 9.41. The number of ketones is 1. The van der Waals surface area contributed by atoms with E-state index in [0.717, 1.165) is 5.56 Å². The van der Waals surface area contributed by atoms with Crippen LogP contribution < -0.4 is 5.32 Å². The third kappa shape index (κ3) is 1.70. The van der Waals surface area contributed by atoms with Crippen molar-refractivity contribution in [3.63, 3.8) is 0 Å². The summed E-state index contributed by atoms with van der Waals surface area (Å²) in [5.74, 6) is 0.761. The molecule has 1 fully saturated rings. The Morgan fingerprint density at radius 2 is 1.93 bits per heavy atom. The fourth-order valence-electron chi connectivity index (χ4n) is 1.75. The normalized spacial score (nSPS) is 25.1. The van der Waals surface area contributed by atoms with Crippen molar-refractivity contribution in [3.8, 4) is 0 Å². The van der Waals surface area contributed by atoms with E-state index >= 15 is 0 Å². The Balaban J connectivity index is 2.05. The Bertz CT molecular complexity index is 331. The van der Waals surface area contributed by atoms with Crippen LogP contribution in [0.4, 0.5) is 0 Å². The van der Waals surface area contributed by atoms with Crippen LogP contribution in [-0.2, 0) is 0 Å². The van der Waals surface area contributed by atoms with Crippen LogP contribution in [0, 0.1) is 5.92 Å². The van der Waals surface area contributed by atoms with Gasteiger partial charge in [-0.05, 0) is 5.92 Å². The molecule has 2 atom stereocenters. The van der Waals surface area contributed by atoms with Crippen molar-refractivity contribution in [2.75, 3.05) is 0 Å². The second-order valence-corrected chi connectivity index (χ2v) is 4.14. The fraction of sp³-hybridized carbons (Fsp3) is 0.417. The van der Waals surface area contributed by atoms with E-state index < -0.39 is 0 Å². The summed E-state index contributed by atoms with van der Waals surface area (Å²) in [6.07, 6.45) is 0. The first-order valence-electron chi connectivity index (χ1n) is 5.05. The van der Waals surface area contributed by atoms with E-state index in [9.17, 15) is 4.79 Å². The summed E-state index contributed by atoms with van der Waals surface area (Å²) in [4.78, 5) is 11.9. The molecule has 2 unspecified atom stereocenters. The van der Waals surface area contributed by atoms with Crippen LogP contribution in [-0.4, -0.2) is 17.9 Å². The summed E-state index contributed by atoms with van der Waals surface area (Å²) in [6.45, 7) is 4.27. The molecule has 0 amide bonds. The summed E-state index contributed by atoms with van der Waals surface area (Å²) >= 11 is 0. The highest BCUT2D eigenvalue weighted by molar-refractivity contribution is 6.02. The predicted molar refractivity (Wildman–Crippen MR) is 56.3 cm³/mol. The van der Waals surface area contributed by atoms with E-state index in [-0.39, 0.29) is 11.8 Å². The summed E-state index contributed by atoms with van der Waals surface area (Å²) in [7, 11) is 0. The Labute approximate surface area is 84.3 Å². The van der Waals surface area contributed by atoms with Crippen molar-refractivity contribution >= 4 is 5.78 Å². The van der Waals surface area contributed by atoms with Gasteiger partial charge in [0, 0.05) is 11.6 Å². The second-order valence-electron chi connectivity index (χ2n) is 4.14. The minimum Gasteiger partial charge on any atom is -0.301 e. The minimum absolute atomic E-state index is 0.0531. The Morgan fingerprint density at radius 1 is 1.29 bits per heavy atom. The topological polar surface area (TPSA) is 39.0 Å². The zero-order valence-corrected chi connectivity index (χ0v) is 8.53. The van der Waals surface area contributed by atoms with Gasteiger partial charge in [-0.25, -0.2) is 0 Å². The van der Waals surface area contributed by atoms with Crippen molar-refractivity contribution < 1.29 is 4.79 Å². The maximum Gasteiger partial charge on any atom is 0.181 e. The van der Waals surface area contributed by atoms with Gasteiger partial charge in [0.15, 0.2) is 5.78 Å². The molecule has 0 bridgehead atoms. The van der Waals surface area contributed by atoms with E-state index in [1.54, 1.807) is 0 Å². The smallest absolute Gasteiger partial charge is 0.181 e. The zero-order chi connectivity index (χ0) is 10.1. The number of rotatable bonds is 3. The Hall–Kier alpha value is -1.15. The third-order valence-electron chi connectivity index (χ3n) is 2.68. The van der Waals surface area contributed by atoms with Crippen molar-refractivity contribution in [2.24, 2.45) is 5.92 Å². The van der Waals surface area contributed by atoms with Gasteiger partial charge in [0.25, 0.3) is 0 Å². The van der Waals surface area contributed by atoms with Gasteiger partial charge < -0.3 is 5.32 Å². The van der Waals surface area contributed by atoms with Gasteiger partial charge in [-0.15, -0.1) is 0 Å². The van der Waals surface area contributed by atoms with Crippen LogP contribution >= 0.6 is 0 Å². The molecule has 0 aromatic heterocycles. The number of hydrogen-bond donors (Lipinski definition) is 1. The van der Waals surface area contributed by atoms with Crippen molar-refractivity contribution in [3.05, 3.63) is 35.9 Å². The van der Waals surface area contributed by atoms with Gasteiger partial charge in [-0.1, -0.05) is 44.2 Å². The van der Waals surface area contributed by atoms with Crippen LogP contribution in [0.5, 0.6) is 0 Å². The molecule has 0 radical (unpaired) electrons. The van der Waals surface area contributed by atoms with Gasteiger partial charge in [-0.2, -0.15) is 0 Å². The van der Waals surface area contributed by atoms with Crippen LogP contribution in [0.15, 0.2) is 30.3 Å². The number of hydrogen-bond acceptors (Lipinski definition) is 2. The van der Waals surface area contributed by atoms with E-state index in [0.29, 0.717) is 12.0 Å². The van der Waals surface area contributed by atoms with Crippen LogP contribution in [0.3, 0.4) is 0 Å². The summed E-state index contributed by atoms with van der Waals surface area (Å²) < 4.78 is 0. The largest absolute Gasteiger partial charge is 0.301 e. The molecule has 1 aliphatic rings. The Kier molecular flexibility index (Phi) is 2.38. The molecule has 0 saturated carbocycles. The molecule has 14 heavy (non-hydrogen) atoms. The number of carbonyl (C=O) groups excluding carboxylic acids is 1. The van der Waals surface area contributed by atoms with Crippen molar-refractivity contribution in [1.29, 1.82) is 0 Å². The van der Waals surface area contributed by atoms with Crippen LogP contribution in [0.2, 0.25) is 0 Å². The first-order chi connectivity index (χ1) is 6.70. The van der Waals surface area contributed by atoms with Gasteiger partial charge >= 0.3 is 0 Å². The molecule has 1 aliphatic heterocycles.